The van der Waals surface area contributed by atoms with E-state index in [4.69, 9.17) is 0 Å². The lowest BCUT2D eigenvalue weighted by Gasteiger charge is -2.40. The van der Waals surface area contributed by atoms with Gasteiger partial charge in [0.2, 0.25) is 17.6 Å². The summed E-state index contributed by atoms with van der Waals surface area (Å²) < 4.78 is 1.92. The zero-order valence-electron chi connectivity index (χ0n) is 32.9. The van der Waals surface area contributed by atoms with Crippen molar-refractivity contribution >= 4 is 46.3 Å². The van der Waals surface area contributed by atoms with E-state index in [1.165, 1.54) is 0 Å². The van der Waals surface area contributed by atoms with Crippen molar-refractivity contribution in [3.63, 3.8) is 0 Å². The minimum atomic E-state index is -0.117. The highest BCUT2D eigenvalue weighted by molar-refractivity contribution is 6.08. The minimum absolute atomic E-state index is 0.0236. The Morgan fingerprint density at radius 2 is 1.14 bits per heavy atom. The Morgan fingerprint density at radius 1 is 0.649 bits per heavy atom. The first kappa shape index (κ1) is 37.7. The Labute approximate surface area is 333 Å². The molecule has 0 bridgehead atoms. The van der Waals surface area contributed by atoms with Gasteiger partial charge >= 0.3 is 0 Å². The molecule has 292 valence electrons. The smallest absolute Gasteiger partial charge is 0.254 e. The van der Waals surface area contributed by atoms with E-state index in [1.807, 2.05) is 113 Å². The second kappa shape index (κ2) is 15.7. The number of imidazole rings is 1. The molecule has 4 atom stereocenters. The summed E-state index contributed by atoms with van der Waals surface area (Å²) in [5.74, 6) is 0.713. The standard InChI is InChI=1S/C46H49N7O4/c1-5-43(54)52-29(3)25-37(35-11-7-9-13-39(35)52)48-33-19-15-31(16-20-33)45(56)41-27-47-42-28-50(23-24-51(41)42)46(57)32-17-21-34(22-18-32)49-38-26-30(4)53(44(55)6-2)40-14-10-8-12-36(38)40/h7-22,27,29-30,37-38,48-49H,5-6,23-26,28H2,1-4H3/t29-,30-,37+,38?/m0/s1. The minimum Gasteiger partial charge on any atom is -0.378 e. The molecule has 3 amide bonds. The first-order valence-electron chi connectivity index (χ1n) is 20.1. The van der Waals surface area contributed by atoms with Crippen LogP contribution in [-0.4, -0.2) is 56.6 Å². The number of benzene rings is 4. The van der Waals surface area contributed by atoms with Crippen LogP contribution in [0.15, 0.2) is 103 Å². The summed E-state index contributed by atoms with van der Waals surface area (Å²) >= 11 is 0. The molecule has 11 nitrogen and oxygen atoms in total. The van der Waals surface area contributed by atoms with Crippen molar-refractivity contribution < 1.29 is 19.2 Å². The fourth-order valence-electron chi connectivity index (χ4n) is 8.77. The number of nitrogens with one attached hydrogen (secondary N) is 2. The monoisotopic (exact) mass is 763 g/mol. The highest BCUT2D eigenvalue weighted by Crippen LogP contribution is 2.41. The van der Waals surface area contributed by atoms with E-state index in [0.29, 0.717) is 55.1 Å². The van der Waals surface area contributed by atoms with Crippen molar-refractivity contribution in [2.45, 2.75) is 90.6 Å². The number of carbonyl (C=O) groups is 4. The van der Waals surface area contributed by atoms with Crippen LogP contribution in [0.5, 0.6) is 0 Å². The maximum absolute atomic E-state index is 13.8. The average Bonchev–Trinajstić information content (AvgIpc) is 3.67. The number of carbonyl (C=O) groups excluding carboxylic acids is 4. The maximum atomic E-state index is 13.8. The number of aromatic nitrogens is 2. The Morgan fingerprint density at radius 3 is 1.65 bits per heavy atom. The summed E-state index contributed by atoms with van der Waals surface area (Å²) in [6, 6.07) is 31.4. The molecule has 0 radical (unpaired) electrons. The first-order chi connectivity index (χ1) is 27.6. The fraction of sp³-hybridized carbons (Fsp3) is 0.326. The van der Waals surface area contributed by atoms with Crippen LogP contribution in [0.4, 0.5) is 22.7 Å². The van der Waals surface area contributed by atoms with Crippen molar-refractivity contribution in [2.24, 2.45) is 0 Å². The van der Waals surface area contributed by atoms with Crippen LogP contribution in [0.3, 0.4) is 0 Å². The van der Waals surface area contributed by atoms with Crippen molar-refractivity contribution in [3.05, 3.63) is 137 Å². The fourth-order valence-corrected chi connectivity index (χ4v) is 8.77. The molecule has 8 rings (SSSR count). The number of ketones is 1. The van der Waals surface area contributed by atoms with E-state index >= 15 is 0 Å². The van der Waals surface area contributed by atoms with Gasteiger partial charge in [0.15, 0.2) is 0 Å². The zero-order valence-corrected chi connectivity index (χ0v) is 32.9. The molecule has 1 unspecified atom stereocenters. The van der Waals surface area contributed by atoms with Gasteiger partial charge in [0.1, 0.15) is 11.5 Å². The van der Waals surface area contributed by atoms with E-state index in [-0.39, 0.29) is 47.7 Å². The predicted molar refractivity (Wildman–Crippen MR) is 223 cm³/mol. The van der Waals surface area contributed by atoms with Crippen LogP contribution in [0, 0.1) is 0 Å². The topological polar surface area (TPSA) is 120 Å². The van der Waals surface area contributed by atoms with Crippen LogP contribution in [0.1, 0.15) is 109 Å². The van der Waals surface area contributed by atoms with Gasteiger partial charge < -0.3 is 29.9 Å². The lowest BCUT2D eigenvalue weighted by Crippen LogP contribution is -2.44. The van der Waals surface area contributed by atoms with Crippen LogP contribution < -0.4 is 20.4 Å². The van der Waals surface area contributed by atoms with Gasteiger partial charge in [0, 0.05) is 71.9 Å². The second-order valence-corrected chi connectivity index (χ2v) is 15.3. The summed E-state index contributed by atoms with van der Waals surface area (Å²) in [4.78, 5) is 63.1. The molecule has 57 heavy (non-hydrogen) atoms. The third-order valence-electron chi connectivity index (χ3n) is 11.7. The van der Waals surface area contributed by atoms with Crippen molar-refractivity contribution in [1.29, 1.82) is 0 Å². The average molecular weight is 764 g/mol. The van der Waals surface area contributed by atoms with Crippen LogP contribution in [0.2, 0.25) is 0 Å². The number of hydrogen-bond acceptors (Lipinski definition) is 7. The van der Waals surface area contributed by atoms with E-state index in [0.717, 1.165) is 46.7 Å². The molecular weight excluding hydrogens is 715 g/mol. The number of nitrogens with zero attached hydrogens (tertiary/aromatic N) is 5. The molecule has 1 aromatic heterocycles. The quantitative estimate of drug-likeness (QED) is 0.146. The van der Waals surface area contributed by atoms with E-state index in [9.17, 15) is 19.2 Å². The number of fused-ring (bicyclic) bond motifs is 3. The lowest BCUT2D eigenvalue weighted by molar-refractivity contribution is -0.119. The Bertz CT molecular complexity index is 2320. The molecule has 3 aliphatic rings. The molecule has 4 heterocycles. The predicted octanol–water partition coefficient (Wildman–Crippen LogP) is 8.15. The van der Waals surface area contributed by atoms with Gasteiger partial charge in [-0.2, -0.15) is 0 Å². The third-order valence-corrected chi connectivity index (χ3v) is 11.7. The molecule has 0 spiro atoms. The van der Waals surface area contributed by atoms with Gasteiger partial charge in [-0.25, -0.2) is 4.98 Å². The van der Waals surface area contributed by atoms with Gasteiger partial charge in [-0.1, -0.05) is 50.2 Å². The normalized spacial score (nSPS) is 19.9. The van der Waals surface area contributed by atoms with Crippen molar-refractivity contribution in [1.82, 2.24) is 14.5 Å². The van der Waals surface area contributed by atoms with Gasteiger partial charge in [-0.3, -0.25) is 19.2 Å². The Balaban J connectivity index is 0.900. The Hall–Kier alpha value is -6.23. The largest absolute Gasteiger partial charge is 0.378 e. The molecule has 0 aliphatic carbocycles. The highest BCUT2D eigenvalue weighted by atomic mass is 16.2. The molecule has 4 aromatic carbocycles. The molecule has 0 saturated carbocycles. The van der Waals surface area contributed by atoms with Crippen LogP contribution in [-0.2, 0) is 22.7 Å². The van der Waals surface area contributed by atoms with Gasteiger partial charge in [0.05, 0.1) is 24.8 Å². The van der Waals surface area contributed by atoms with Crippen molar-refractivity contribution in [3.8, 4) is 0 Å². The molecule has 11 heteroatoms. The summed E-state index contributed by atoms with van der Waals surface area (Å²) in [5.41, 5.74) is 7.51. The van der Waals surface area contributed by atoms with E-state index in [1.54, 1.807) is 11.1 Å². The maximum Gasteiger partial charge on any atom is 0.254 e. The van der Waals surface area contributed by atoms with Crippen molar-refractivity contribution in [2.75, 3.05) is 27.0 Å². The number of anilines is 4. The molecule has 0 saturated heterocycles. The summed E-state index contributed by atoms with van der Waals surface area (Å²) in [6.07, 6.45) is 4.07. The molecule has 5 aromatic rings. The summed E-state index contributed by atoms with van der Waals surface area (Å²) in [7, 11) is 0. The van der Waals surface area contributed by atoms with E-state index in [2.05, 4.69) is 41.6 Å². The first-order valence-corrected chi connectivity index (χ1v) is 20.1. The third kappa shape index (κ3) is 7.18. The van der Waals surface area contributed by atoms with Gasteiger partial charge in [-0.05, 0) is 98.5 Å². The van der Waals surface area contributed by atoms with Gasteiger partial charge in [0.25, 0.3) is 5.91 Å². The van der Waals surface area contributed by atoms with Gasteiger partial charge in [-0.15, -0.1) is 0 Å². The molecule has 0 fully saturated rings. The molecule has 3 aliphatic heterocycles. The van der Waals surface area contributed by atoms with Crippen LogP contribution in [0.25, 0.3) is 0 Å². The van der Waals surface area contributed by atoms with Crippen LogP contribution >= 0.6 is 0 Å². The number of rotatable bonds is 9. The SMILES string of the molecule is CCC(=O)N1c2ccccc2C(Nc2ccc(C(=O)N3CCn4c(C(=O)c5ccc(N[C@@H]6C[C@H](C)N(C(=O)CC)c7ccccc76)cc5)cnc4C3)cc2)C[C@@H]1C. The molecule has 2 N–H and O–H groups in total. The molecular formula is C46H49N7O4. The second-order valence-electron chi connectivity index (χ2n) is 15.3. The zero-order chi connectivity index (χ0) is 39.8. The summed E-state index contributed by atoms with van der Waals surface area (Å²) in [6.45, 7) is 9.19. The van der Waals surface area contributed by atoms with E-state index < -0.39 is 0 Å². The number of para-hydroxylation sites is 2. The lowest BCUT2D eigenvalue weighted by atomic mass is 9.91. The number of amides is 3. The summed E-state index contributed by atoms with van der Waals surface area (Å²) in [5, 5.41) is 7.28. The number of hydrogen-bond donors (Lipinski definition) is 2. The Kier molecular flexibility index (Phi) is 10.4. The highest BCUT2D eigenvalue weighted by Gasteiger charge is 2.35.